The van der Waals surface area contributed by atoms with Gasteiger partial charge in [0.1, 0.15) is 0 Å². The molecule has 6 nitrogen and oxygen atoms in total. The van der Waals surface area contributed by atoms with Gasteiger partial charge in [0.2, 0.25) is 0 Å². The molecule has 1 atom stereocenters. The van der Waals surface area contributed by atoms with Crippen LogP contribution in [0.3, 0.4) is 0 Å². The highest BCUT2D eigenvalue weighted by Crippen LogP contribution is 2.31. The van der Waals surface area contributed by atoms with Crippen molar-refractivity contribution in [2.75, 3.05) is 34.9 Å². The first-order valence-corrected chi connectivity index (χ1v) is 6.50. The molecule has 0 spiro atoms. The first-order valence-electron chi connectivity index (χ1n) is 6.50. The molecule has 1 aromatic rings. The Morgan fingerprint density at radius 2 is 1.86 bits per heavy atom. The van der Waals surface area contributed by atoms with E-state index in [4.69, 9.17) is 9.47 Å². The molecule has 0 bridgehead atoms. The summed E-state index contributed by atoms with van der Waals surface area (Å²) in [5.74, 6) is -0.144. The number of methoxy groups -OCH3 is 3. The Morgan fingerprint density at radius 3 is 2.38 bits per heavy atom. The van der Waals surface area contributed by atoms with Crippen LogP contribution in [0.15, 0.2) is 18.2 Å². The number of amides is 1. The summed E-state index contributed by atoms with van der Waals surface area (Å²) in [6.07, 6.45) is 0. The van der Waals surface area contributed by atoms with E-state index in [1.807, 2.05) is 0 Å². The van der Waals surface area contributed by atoms with Gasteiger partial charge in [-0.2, -0.15) is 0 Å². The Kier molecular flexibility index (Phi) is 6.02. The number of hydrogen-bond donors (Lipinski definition) is 0. The first-order chi connectivity index (χ1) is 9.96. The quantitative estimate of drug-likeness (QED) is 0.746. The molecule has 21 heavy (non-hydrogen) atoms. The molecule has 1 unspecified atom stereocenters. The topological polar surface area (TPSA) is 65.1 Å². The van der Waals surface area contributed by atoms with E-state index in [1.54, 1.807) is 32.2 Å². The van der Waals surface area contributed by atoms with Crippen LogP contribution in [0.25, 0.3) is 0 Å². The third-order valence-corrected chi connectivity index (χ3v) is 3.13. The molecule has 1 aromatic carbocycles. The molecule has 116 valence electrons. The van der Waals surface area contributed by atoms with Crippen molar-refractivity contribution in [2.45, 2.75) is 6.92 Å². The summed E-state index contributed by atoms with van der Waals surface area (Å²) >= 11 is 0. The summed E-state index contributed by atoms with van der Waals surface area (Å²) in [5, 5.41) is 0. The second-order valence-corrected chi connectivity index (χ2v) is 4.65. The Bertz CT molecular complexity index is 515. The Hall–Kier alpha value is -2.24. The van der Waals surface area contributed by atoms with Crippen molar-refractivity contribution in [3.63, 3.8) is 0 Å². The predicted octanol–water partition coefficient (Wildman–Crippen LogP) is 1.58. The molecule has 1 amide bonds. The van der Waals surface area contributed by atoms with Gasteiger partial charge in [-0.3, -0.25) is 9.59 Å². The molecule has 0 aliphatic carbocycles. The van der Waals surface area contributed by atoms with E-state index < -0.39 is 5.92 Å². The molecule has 1 rings (SSSR count). The molecule has 6 heteroatoms. The summed E-state index contributed by atoms with van der Waals surface area (Å²) < 4.78 is 15.1. The standard InChI is InChI=1S/C15H21NO5/c1-10(15(18)21-5)9-16(2)14(17)11-7-6-8-12(19-3)13(11)20-4/h6-8,10H,9H2,1-5H3. The minimum absolute atomic E-state index is 0.249. The van der Waals surface area contributed by atoms with Crippen molar-refractivity contribution in [1.82, 2.24) is 4.90 Å². The van der Waals surface area contributed by atoms with Crippen molar-refractivity contribution in [3.05, 3.63) is 23.8 Å². The predicted molar refractivity (Wildman–Crippen MR) is 77.7 cm³/mol. The fourth-order valence-electron chi connectivity index (χ4n) is 2.03. The molecule has 0 aromatic heterocycles. The highest BCUT2D eigenvalue weighted by Gasteiger charge is 2.23. The Morgan fingerprint density at radius 1 is 1.19 bits per heavy atom. The smallest absolute Gasteiger partial charge is 0.310 e. The normalized spacial score (nSPS) is 11.5. The van der Waals surface area contributed by atoms with Gasteiger partial charge >= 0.3 is 5.97 Å². The van der Waals surface area contributed by atoms with E-state index in [2.05, 4.69) is 4.74 Å². The number of esters is 1. The summed E-state index contributed by atoms with van der Waals surface area (Å²) in [6, 6.07) is 5.09. The number of rotatable bonds is 6. The lowest BCUT2D eigenvalue weighted by Crippen LogP contribution is -2.34. The molecular weight excluding hydrogens is 274 g/mol. The van der Waals surface area contributed by atoms with E-state index in [1.165, 1.54) is 26.2 Å². The third-order valence-electron chi connectivity index (χ3n) is 3.13. The van der Waals surface area contributed by atoms with E-state index in [9.17, 15) is 9.59 Å². The molecule has 0 aliphatic heterocycles. The van der Waals surface area contributed by atoms with Gasteiger partial charge in [0.05, 0.1) is 32.8 Å². The van der Waals surface area contributed by atoms with Gasteiger partial charge in [-0.05, 0) is 12.1 Å². The van der Waals surface area contributed by atoms with Crippen LogP contribution < -0.4 is 9.47 Å². The molecule has 0 heterocycles. The Labute approximate surface area is 124 Å². The molecule has 0 N–H and O–H groups in total. The largest absolute Gasteiger partial charge is 0.493 e. The van der Waals surface area contributed by atoms with E-state index >= 15 is 0 Å². The summed E-state index contributed by atoms with van der Waals surface area (Å²) in [7, 11) is 5.94. The lowest BCUT2D eigenvalue weighted by Gasteiger charge is -2.21. The SMILES string of the molecule is COC(=O)C(C)CN(C)C(=O)c1cccc(OC)c1OC. The monoisotopic (exact) mass is 295 g/mol. The van der Waals surface area contributed by atoms with Gasteiger partial charge in [0.25, 0.3) is 5.91 Å². The second kappa shape index (κ2) is 7.52. The highest BCUT2D eigenvalue weighted by molar-refractivity contribution is 5.97. The van der Waals surface area contributed by atoms with Crippen LogP contribution in [-0.4, -0.2) is 51.7 Å². The van der Waals surface area contributed by atoms with Crippen LogP contribution in [-0.2, 0) is 9.53 Å². The fourth-order valence-corrected chi connectivity index (χ4v) is 2.03. The van der Waals surface area contributed by atoms with Gasteiger partial charge < -0.3 is 19.1 Å². The average Bonchev–Trinajstić information content (AvgIpc) is 2.51. The number of benzene rings is 1. The number of carbonyl (C=O) groups is 2. The lowest BCUT2D eigenvalue weighted by molar-refractivity contribution is -0.145. The van der Waals surface area contributed by atoms with Gasteiger partial charge in [-0.25, -0.2) is 0 Å². The van der Waals surface area contributed by atoms with Gasteiger partial charge in [-0.1, -0.05) is 13.0 Å². The van der Waals surface area contributed by atoms with Crippen LogP contribution in [0.5, 0.6) is 11.5 Å². The van der Waals surface area contributed by atoms with E-state index in [0.29, 0.717) is 17.1 Å². The van der Waals surface area contributed by atoms with Crippen molar-refractivity contribution in [1.29, 1.82) is 0 Å². The van der Waals surface area contributed by atoms with E-state index in [-0.39, 0.29) is 18.4 Å². The lowest BCUT2D eigenvalue weighted by atomic mass is 10.1. The number of hydrogen-bond acceptors (Lipinski definition) is 5. The molecular formula is C15H21NO5. The summed E-state index contributed by atoms with van der Waals surface area (Å²) in [6.45, 7) is 1.96. The van der Waals surface area contributed by atoms with Crippen LogP contribution in [0, 0.1) is 5.92 Å². The maximum atomic E-state index is 12.5. The van der Waals surface area contributed by atoms with Gasteiger partial charge in [0, 0.05) is 13.6 Å². The zero-order valence-corrected chi connectivity index (χ0v) is 13.0. The number of carbonyl (C=O) groups excluding carboxylic acids is 2. The molecule has 0 aliphatic rings. The Balaban J connectivity index is 2.95. The van der Waals surface area contributed by atoms with Crippen molar-refractivity contribution in [3.8, 4) is 11.5 Å². The highest BCUT2D eigenvalue weighted by atomic mass is 16.5. The van der Waals surface area contributed by atoms with Crippen molar-refractivity contribution in [2.24, 2.45) is 5.92 Å². The van der Waals surface area contributed by atoms with Crippen LogP contribution in [0.4, 0.5) is 0 Å². The third kappa shape index (κ3) is 3.87. The minimum atomic E-state index is -0.402. The number of nitrogens with zero attached hydrogens (tertiary/aromatic N) is 1. The molecule has 0 fully saturated rings. The molecule has 0 saturated heterocycles. The maximum Gasteiger partial charge on any atom is 0.310 e. The first kappa shape index (κ1) is 16.8. The van der Waals surface area contributed by atoms with Gasteiger partial charge in [-0.15, -0.1) is 0 Å². The van der Waals surface area contributed by atoms with Gasteiger partial charge in [0.15, 0.2) is 11.5 Å². The second-order valence-electron chi connectivity index (χ2n) is 4.65. The van der Waals surface area contributed by atoms with Crippen molar-refractivity contribution >= 4 is 11.9 Å². The molecule has 0 saturated carbocycles. The number of para-hydroxylation sites is 1. The van der Waals surface area contributed by atoms with Crippen LogP contribution in [0.2, 0.25) is 0 Å². The molecule has 0 radical (unpaired) electrons. The summed E-state index contributed by atoms with van der Waals surface area (Å²) in [5.41, 5.74) is 0.386. The zero-order chi connectivity index (χ0) is 16.0. The van der Waals surface area contributed by atoms with E-state index in [0.717, 1.165) is 0 Å². The maximum absolute atomic E-state index is 12.5. The minimum Gasteiger partial charge on any atom is -0.493 e. The van der Waals surface area contributed by atoms with Crippen LogP contribution in [0.1, 0.15) is 17.3 Å². The number of ether oxygens (including phenoxy) is 3. The average molecular weight is 295 g/mol. The summed E-state index contributed by atoms with van der Waals surface area (Å²) in [4.78, 5) is 25.4. The zero-order valence-electron chi connectivity index (χ0n) is 13.0. The van der Waals surface area contributed by atoms with Crippen molar-refractivity contribution < 1.29 is 23.8 Å². The fraction of sp³-hybridized carbons (Fsp3) is 0.467. The van der Waals surface area contributed by atoms with Crippen LogP contribution >= 0.6 is 0 Å².